The van der Waals surface area contributed by atoms with Crippen LogP contribution >= 0.6 is 11.6 Å². The fourth-order valence-corrected chi connectivity index (χ4v) is 2.55. The summed E-state index contributed by atoms with van der Waals surface area (Å²) in [4.78, 5) is 0. The third kappa shape index (κ3) is 2.50. The maximum absolute atomic E-state index is 6.37. The van der Waals surface area contributed by atoms with Gasteiger partial charge in [-0.05, 0) is 42.9 Å². The summed E-state index contributed by atoms with van der Waals surface area (Å²) in [6.45, 7) is 1.05. The molecule has 1 aromatic rings. The monoisotopic (exact) mass is 239 g/mol. The molecule has 2 rings (SSSR count). The summed E-state index contributed by atoms with van der Waals surface area (Å²) in [5, 5.41) is 0.799. The van der Waals surface area contributed by atoms with Crippen molar-refractivity contribution in [1.82, 2.24) is 0 Å². The molecule has 0 saturated carbocycles. The molecule has 0 aromatic heterocycles. The molecule has 0 amide bonds. The second-order valence-electron chi connectivity index (χ2n) is 4.21. The standard InChI is InChI=1S/C13H18ClNO/c14-13-11-5-3-1-2-4-10(11)6-7-12(13)16-9-8-15/h6-7H,1-5,8-9,15H2. The third-order valence-electron chi connectivity index (χ3n) is 3.05. The quantitative estimate of drug-likeness (QED) is 0.824. The van der Waals surface area contributed by atoms with Gasteiger partial charge in [0.1, 0.15) is 12.4 Å². The molecule has 16 heavy (non-hydrogen) atoms. The summed E-state index contributed by atoms with van der Waals surface area (Å²) in [5.41, 5.74) is 8.10. The Kier molecular flexibility index (Phi) is 4.08. The highest BCUT2D eigenvalue weighted by Crippen LogP contribution is 2.34. The summed E-state index contributed by atoms with van der Waals surface area (Å²) in [6, 6.07) is 4.13. The van der Waals surface area contributed by atoms with E-state index in [4.69, 9.17) is 22.1 Å². The lowest BCUT2D eigenvalue weighted by molar-refractivity contribution is 0.328. The summed E-state index contributed by atoms with van der Waals surface area (Å²) < 4.78 is 5.54. The van der Waals surface area contributed by atoms with Gasteiger partial charge in [0.05, 0.1) is 5.02 Å². The second-order valence-corrected chi connectivity index (χ2v) is 4.59. The summed E-state index contributed by atoms with van der Waals surface area (Å²) in [5.74, 6) is 0.785. The number of hydrogen-bond donors (Lipinski definition) is 1. The molecule has 2 N–H and O–H groups in total. The molecule has 0 fully saturated rings. The molecule has 0 atom stereocenters. The van der Waals surface area contributed by atoms with Crippen LogP contribution in [0.15, 0.2) is 12.1 Å². The van der Waals surface area contributed by atoms with Crippen LogP contribution < -0.4 is 10.5 Å². The minimum Gasteiger partial charge on any atom is -0.491 e. The van der Waals surface area contributed by atoms with Crippen LogP contribution in [0.25, 0.3) is 0 Å². The Morgan fingerprint density at radius 1 is 1.19 bits per heavy atom. The average molecular weight is 240 g/mol. The molecular formula is C13H18ClNO. The van der Waals surface area contributed by atoms with Crippen LogP contribution in [-0.2, 0) is 12.8 Å². The van der Waals surface area contributed by atoms with Crippen LogP contribution in [0.2, 0.25) is 5.02 Å². The number of ether oxygens (including phenoxy) is 1. The first-order valence-corrected chi connectivity index (χ1v) is 6.34. The van der Waals surface area contributed by atoms with E-state index < -0.39 is 0 Å². The van der Waals surface area contributed by atoms with E-state index in [0.717, 1.165) is 23.6 Å². The van der Waals surface area contributed by atoms with Gasteiger partial charge in [0, 0.05) is 6.54 Å². The van der Waals surface area contributed by atoms with Gasteiger partial charge in [-0.15, -0.1) is 0 Å². The molecule has 1 aliphatic rings. The number of aryl methyl sites for hydroxylation is 1. The van der Waals surface area contributed by atoms with Crippen molar-refractivity contribution in [2.24, 2.45) is 5.73 Å². The lowest BCUT2D eigenvalue weighted by Gasteiger charge is -2.13. The number of fused-ring (bicyclic) bond motifs is 1. The first-order valence-electron chi connectivity index (χ1n) is 5.96. The maximum atomic E-state index is 6.37. The van der Waals surface area contributed by atoms with E-state index >= 15 is 0 Å². The number of benzene rings is 1. The Bertz CT molecular complexity index is 365. The van der Waals surface area contributed by atoms with Crippen molar-refractivity contribution in [3.63, 3.8) is 0 Å². The van der Waals surface area contributed by atoms with Crippen molar-refractivity contribution >= 4 is 11.6 Å². The van der Waals surface area contributed by atoms with Crippen LogP contribution in [0.3, 0.4) is 0 Å². The fraction of sp³-hybridized carbons (Fsp3) is 0.538. The lowest BCUT2D eigenvalue weighted by atomic mass is 10.0. The van der Waals surface area contributed by atoms with E-state index in [-0.39, 0.29) is 0 Å². The molecular weight excluding hydrogens is 222 g/mol. The molecule has 0 bridgehead atoms. The summed E-state index contributed by atoms with van der Waals surface area (Å²) >= 11 is 6.37. The second kappa shape index (κ2) is 5.55. The number of nitrogens with two attached hydrogens (primary N) is 1. The Morgan fingerprint density at radius 2 is 2.00 bits per heavy atom. The molecule has 0 heterocycles. The van der Waals surface area contributed by atoms with Crippen LogP contribution in [0, 0.1) is 0 Å². The van der Waals surface area contributed by atoms with Crippen LogP contribution in [-0.4, -0.2) is 13.2 Å². The van der Waals surface area contributed by atoms with Gasteiger partial charge in [-0.1, -0.05) is 24.1 Å². The van der Waals surface area contributed by atoms with Crippen molar-refractivity contribution in [2.45, 2.75) is 32.1 Å². The van der Waals surface area contributed by atoms with Gasteiger partial charge in [-0.2, -0.15) is 0 Å². The topological polar surface area (TPSA) is 35.2 Å². The predicted molar refractivity (Wildman–Crippen MR) is 67.3 cm³/mol. The van der Waals surface area contributed by atoms with E-state index in [0.29, 0.717) is 13.2 Å². The van der Waals surface area contributed by atoms with Gasteiger partial charge in [-0.3, -0.25) is 0 Å². The van der Waals surface area contributed by atoms with Gasteiger partial charge in [0.2, 0.25) is 0 Å². The average Bonchev–Trinajstić information content (AvgIpc) is 2.54. The normalized spacial score (nSPS) is 15.4. The van der Waals surface area contributed by atoms with E-state index in [9.17, 15) is 0 Å². The van der Waals surface area contributed by atoms with Gasteiger partial charge >= 0.3 is 0 Å². The van der Waals surface area contributed by atoms with Crippen LogP contribution in [0.4, 0.5) is 0 Å². The highest BCUT2D eigenvalue weighted by molar-refractivity contribution is 6.33. The maximum Gasteiger partial charge on any atom is 0.138 e. The SMILES string of the molecule is NCCOc1ccc2c(c1Cl)CCCCC2. The van der Waals surface area contributed by atoms with Crippen LogP contribution in [0.5, 0.6) is 5.75 Å². The molecule has 3 heteroatoms. The molecule has 0 saturated heterocycles. The Balaban J connectivity index is 2.26. The predicted octanol–water partition coefficient (Wildman–Crippen LogP) is 2.95. The first-order chi connectivity index (χ1) is 7.83. The number of rotatable bonds is 3. The lowest BCUT2D eigenvalue weighted by Crippen LogP contribution is -2.11. The summed E-state index contributed by atoms with van der Waals surface area (Å²) in [6.07, 6.45) is 6.02. The highest BCUT2D eigenvalue weighted by Gasteiger charge is 2.14. The van der Waals surface area contributed by atoms with Crippen molar-refractivity contribution in [3.05, 3.63) is 28.3 Å². The summed E-state index contributed by atoms with van der Waals surface area (Å²) in [7, 11) is 0. The molecule has 0 aliphatic heterocycles. The highest BCUT2D eigenvalue weighted by atomic mass is 35.5. The zero-order valence-corrected chi connectivity index (χ0v) is 10.2. The Morgan fingerprint density at radius 3 is 2.81 bits per heavy atom. The van der Waals surface area contributed by atoms with Crippen molar-refractivity contribution in [1.29, 1.82) is 0 Å². The zero-order valence-electron chi connectivity index (χ0n) is 9.47. The third-order valence-corrected chi connectivity index (χ3v) is 3.47. The molecule has 1 aliphatic carbocycles. The smallest absolute Gasteiger partial charge is 0.138 e. The van der Waals surface area contributed by atoms with Crippen molar-refractivity contribution < 1.29 is 4.74 Å². The number of hydrogen-bond acceptors (Lipinski definition) is 2. The van der Waals surface area contributed by atoms with Gasteiger partial charge < -0.3 is 10.5 Å². The van der Waals surface area contributed by atoms with E-state index in [2.05, 4.69) is 6.07 Å². The molecule has 0 radical (unpaired) electrons. The molecule has 0 unspecified atom stereocenters. The first kappa shape index (κ1) is 11.7. The Labute approximate surface area is 102 Å². The van der Waals surface area contributed by atoms with E-state index in [1.165, 1.54) is 30.4 Å². The Hall–Kier alpha value is -0.730. The van der Waals surface area contributed by atoms with E-state index in [1.807, 2.05) is 6.07 Å². The minimum atomic E-state index is 0.521. The van der Waals surface area contributed by atoms with Gasteiger partial charge in [0.25, 0.3) is 0 Å². The molecule has 1 aromatic carbocycles. The molecule has 88 valence electrons. The molecule has 2 nitrogen and oxygen atoms in total. The number of halogens is 1. The molecule has 0 spiro atoms. The van der Waals surface area contributed by atoms with Crippen LogP contribution in [0.1, 0.15) is 30.4 Å². The fourth-order valence-electron chi connectivity index (χ4n) is 2.22. The zero-order chi connectivity index (χ0) is 11.4. The van der Waals surface area contributed by atoms with Crippen molar-refractivity contribution in [2.75, 3.05) is 13.2 Å². The van der Waals surface area contributed by atoms with Gasteiger partial charge in [0.15, 0.2) is 0 Å². The van der Waals surface area contributed by atoms with Crippen molar-refractivity contribution in [3.8, 4) is 5.75 Å². The van der Waals surface area contributed by atoms with Gasteiger partial charge in [-0.25, -0.2) is 0 Å². The largest absolute Gasteiger partial charge is 0.491 e. The van der Waals surface area contributed by atoms with E-state index in [1.54, 1.807) is 0 Å². The minimum absolute atomic E-state index is 0.521.